The topological polar surface area (TPSA) is 107 Å². The van der Waals surface area contributed by atoms with Gasteiger partial charge >= 0.3 is 5.97 Å². The van der Waals surface area contributed by atoms with E-state index in [1.54, 1.807) is 43.6 Å². The molecule has 0 spiro atoms. The van der Waals surface area contributed by atoms with Crippen molar-refractivity contribution >= 4 is 45.8 Å². The number of carbonyl (C=O) groups excluding carboxylic acids is 3. The molecule has 0 unspecified atom stereocenters. The van der Waals surface area contributed by atoms with Gasteiger partial charge in [0, 0.05) is 34.2 Å². The van der Waals surface area contributed by atoms with E-state index in [1.807, 2.05) is 13.8 Å². The molecule has 8 nitrogen and oxygen atoms in total. The van der Waals surface area contributed by atoms with Gasteiger partial charge in [-0.05, 0) is 57.5 Å². The number of ether oxygens (including phenoxy) is 2. The van der Waals surface area contributed by atoms with Crippen LogP contribution in [0.2, 0.25) is 0 Å². The van der Waals surface area contributed by atoms with Crippen molar-refractivity contribution in [2.24, 2.45) is 0 Å². The molecule has 10 heteroatoms. The summed E-state index contributed by atoms with van der Waals surface area (Å²) in [6.45, 7) is 6.90. The number of nitrogens with one attached hydrogen (secondary N) is 1. The second-order valence-corrected chi connectivity index (χ2v) is 9.41. The standard InChI is InChI=1S/C24H25N3O5S2/c1-5-31-23(30)21-14(2)16(4)34-22(21)27-20(29)12-32-19-8-7-17(15(3)28)11-18(19)13-33-24-25-9-6-10-26-24/h6-11H,5,12-13H2,1-4H3,(H,27,29). The molecule has 0 aliphatic rings. The van der Waals surface area contributed by atoms with Crippen LogP contribution >= 0.6 is 23.1 Å². The SMILES string of the molecule is CCOC(=O)c1c(NC(=O)COc2ccc(C(C)=O)cc2CSc2ncccn2)sc(C)c1C. The third kappa shape index (κ3) is 6.42. The summed E-state index contributed by atoms with van der Waals surface area (Å²) in [6, 6.07) is 6.82. The molecule has 1 N–H and O–H groups in total. The van der Waals surface area contributed by atoms with Gasteiger partial charge in [-0.2, -0.15) is 0 Å². The average molecular weight is 500 g/mol. The van der Waals surface area contributed by atoms with E-state index >= 15 is 0 Å². The number of ketones is 1. The summed E-state index contributed by atoms with van der Waals surface area (Å²) in [5.74, 6) is -0.0114. The summed E-state index contributed by atoms with van der Waals surface area (Å²) < 4.78 is 10.9. The van der Waals surface area contributed by atoms with Gasteiger partial charge in [0.15, 0.2) is 17.5 Å². The van der Waals surface area contributed by atoms with E-state index in [1.165, 1.54) is 30.0 Å². The smallest absolute Gasteiger partial charge is 0.341 e. The number of amides is 1. The lowest BCUT2D eigenvalue weighted by Crippen LogP contribution is -2.21. The van der Waals surface area contributed by atoms with E-state index in [-0.39, 0.29) is 19.0 Å². The van der Waals surface area contributed by atoms with Crippen LogP contribution in [0, 0.1) is 13.8 Å². The number of hydrogen-bond acceptors (Lipinski definition) is 9. The number of benzene rings is 1. The Hall–Kier alpha value is -3.24. The van der Waals surface area contributed by atoms with Crippen LogP contribution in [-0.4, -0.2) is 40.8 Å². The van der Waals surface area contributed by atoms with Crippen LogP contribution < -0.4 is 10.1 Å². The van der Waals surface area contributed by atoms with Crippen molar-refractivity contribution in [1.82, 2.24) is 9.97 Å². The number of nitrogens with zero attached hydrogens (tertiary/aromatic N) is 2. The van der Waals surface area contributed by atoms with Gasteiger partial charge in [0.1, 0.15) is 10.8 Å². The number of rotatable bonds is 10. The molecule has 0 saturated heterocycles. The molecule has 3 aromatic rings. The highest BCUT2D eigenvalue weighted by atomic mass is 32.2. The van der Waals surface area contributed by atoms with E-state index in [4.69, 9.17) is 9.47 Å². The molecule has 34 heavy (non-hydrogen) atoms. The Morgan fingerprint density at radius 1 is 1.15 bits per heavy atom. The first kappa shape index (κ1) is 25.4. The number of hydrogen-bond donors (Lipinski definition) is 1. The molecule has 2 heterocycles. The van der Waals surface area contributed by atoms with Gasteiger partial charge in [0.2, 0.25) is 0 Å². The molecule has 0 fully saturated rings. The summed E-state index contributed by atoms with van der Waals surface area (Å²) in [6.07, 6.45) is 3.31. The maximum Gasteiger partial charge on any atom is 0.341 e. The zero-order chi connectivity index (χ0) is 24.7. The van der Waals surface area contributed by atoms with Crippen LogP contribution in [-0.2, 0) is 15.3 Å². The van der Waals surface area contributed by atoms with Crippen LogP contribution in [0.25, 0.3) is 0 Å². The fraction of sp³-hybridized carbons (Fsp3) is 0.292. The number of esters is 1. The van der Waals surface area contributed by atoms with Crippen LogP contribution in [0.3, 0.4) is 0 Å². The normalized spacial score (nSPS) is 10.6. The predicted octanol–water partition coefficient (Wildman–Crippen LogP) is 4.84. The van der Waals surface area contributed by atoms with Crippen molar-refractivity contribution < 1.29 is 23.9 Å². The first-order chi connectivity index (χ1) is 16.3. The van der Waals surface area contributed by atoms with Crippen LogP contribution in [0.4, 0.5) is 5.00 Å². The van der Waals surface area contributed by atoms with E-state index in [0.29, 0.717) is 32.8 Å². The fourth-order valence-electron chi connectivity index (χ4n) is 3.02. The molecular weight excluding hydrogens is 474 g/mol. The maximum atomic E-state index is 12.6. The first-order valence-corrected chi connectivity index (χ1v) is 12.3. The number of Topliss-reactive ketones (excluding diaryl/α,β-unsaturated/α-hetero) is 1. The third-order valence-electron chi connectivity index (χ3n) is 4.84. The summed E-state index contributed by atoms with van der Waals surface area (Å²) >= 11 is 2.71. The zero-order valence-corrected chi connectivity index (χ0v) is 21.0. The highest BCUT2D eigenvalue weighted by Gasteiger charge is 2.22. The quantitative estimate of drug-likeness (QED) is 0.183. The molecule has 1 amide bonds. The summed E-state index contributed by atoms with van der Waals surface area (Å²) in [4.78, 5) is 46.1. The number of aryl methyl sites for hydroxylation is 1. The molecule has 178 valence electrons. The minimum atomic E-state index is -0.470. The van der Waals surface area contributed by atoms with E-state index in [0.717, 1.165) is 16.0 Å². The lowest BCUT2D eigenvalue weighted by Gasteiger charge is -2.13. The molecule has 0 atom stereocenters. The molecule has 0 aliphatic heterocycles. The van der Waals surface area contributed by atoms with Crippen molar-refractivity contribution in [3.63, 3.8) is 0 Å². The molecule has 2 aromatic heterocycles. The average Bonchev–Trinajstić information content (AvgIpc) is 3.09. The summed E-state index contributed by atoms with van der Waals surface area (Å²) in [5.41, 5.74) is 2.43. The summed E-state index contributed by atoms with van der Waals surface area (Å²) in [7, 11) is 0. The lowest BCUT2D eigenvalue weighted by molar-refractivity contribution is -0.118. The minimum absolute atomic E-state index is 0.0681. The predicted molar refractivity (Wildman–Crippen MR) is 132 cm³/mol. The molecular formula is C24H25N3O5S2. The number of carbonyl (C=O) groups is 3. The molecule has 0 saturated carbocycles. The Kier molecular flexibility index (Phi) is 8.78. The Labute approximate surface area is 206 Å². The van der Waals surface area contributed by atoms with Crippen molar-refractivity contribution in [2.45, 2.75) is 38.6 Å². The van der Waals surface area contributed by atoms with E-state index in [9.17, 15) is 14.4 Å². The zero-order valence-electron chi connectivity index (χ0n) is 19.3. The van der Waals surface area contributed by atoms with Crippen LogP contribution in [0.5, 0.6) is 5.75 Å². The van der Waals surface area contributed by atoms with Gasteiger partial charge in [-0.15, -0.1) is 11.3 Å². The molecule has 0 bridgehead atoms. The number of aromatic nitrogens is 2. The van der Waals surface area contributed by atoms with Gasteiger partial charge < -0.3 is 14.8 Å². The van der Waals surface area contributed by atoms with Crippen molar-refractivity contribution in [3.8, 4) is 5.75 Å². The Bertz CT molecular complexity index is 1190. The Balaban J connectivity index is 1.72. The minimum Gasteiger partial charge on any atom is -0.483 e. The van der Waals surface area contributed by atoms with E-state index < -0.39 is 11.9 Å². The molecule has 0 radical (unpaired) electrons. The van der Waals surface area contributed by atoms with Crippen molar-refractivity contribution in [1.29, 1.82) is 0 Å². The molecule has 1 aromatic carbocycles. The Morgan fingerprint density at radius 2 is 1.88 bits per heavy atom. The lowest BCUT2D eigenvalue weighted by atomic mass is 10.1. The second kappa shape index (κ2) is 11.8. The highest BCUT2D eigenvalue weighted by Crippen LogP contribution is 2.33. The van der Waals surface area contributed by atoms with Gasteiger partial charge in [-0.3, -0.25) is 9.59 Å². The number of thiophene rings is 1. The van der Waals surface area contributed by atoms with Gasteiger partial charge in [-0.25, -0.2) is 14.8 Å². The van der Waals surface area contributed by atoms with Gasteiger partial charge in [0.05, 0.1) is 12.2 Å². The first-order valence-electron chi connectivity index (χ1n) is 10.5. The van der Waals surface area contributed by atoms with Gasteiger partial charge in [0.25, 0.3) is 5.91 Å². The van der Waals surface area contributed by atoms with Gasteiger partial charge in [-0.1, -0.05) is 11.8 Å². The van der Waals surface area contributed by atoms with E-state index in [2.05, 4.69) is 15.3 Å². The van der Waals surface area contributed by atoms with Crippen molar-refractivity contribution in [3.05, 3.63) is 63.8 Å². The summed E-state index contributed by atoms with van der Waals surface area (Å²) in [5, 5.41) is 3.79. The Morgan fingerprint density at radius 3 is 2.56 bits per heavy atom. The van der Waals surface area contributed by atoms with Crippen LogP contribution in [0.1, 0.15) is 50.6 Å². The highest BCUT2D eigenvalue weighted by molar-refractivity contribution is 7.98. The monoisotopic (exact) mass is 499 g/mol. The second-order valence-electron chi connectivity index (χ2n) is 7.24. The molecule has 3 rings (SSSR count). The molecule has 0 aliphatic carbocycles. The van der Waals surface area contributed by atoms with Crippen LogP contribution in [0.15, 0.2) is 41.8 Å². The number of thioether (sulfide) groups is 1. The third-order valence-corrected chi connectivity index (χ3v) is 6.89. The number of anilines is 1. The fourth-order valence-corrected chi connectivity index (χ4v) is 4.87. The largest absolute Gasteiger partial charge is 0.483 e. The maximum absolute atomic E-state index is 12.6. The van der Waals surface area contributed by atoms with Crippen molar-refractivity contribution in [2.75, 3.05) is 18.5 Å².